The van der Waals surface area contributed by atoms with Gasteiger partial charge >= 0.3 is 5.97 Å². The number of rotatable bonds is 7. The highest BCUT2D eigenvalue weighted by atomic mass is 32.1. The number of hydrogen-bond donors (Lipinski definition) is 4. The van der Waals surface area contributed by atoms with E-state index in [1.165, 1.54) is 12.1 Å². The Morgan fingerprint density at radius 3 is 1.97 bits per heavy atom. The van der Waals surface area contributed by atoms with E-state index in [0.29, 0.717) is 16.8 Å². The summed E-state index contributed by atoms with van der Waals surface area (Å²) < 4.78 is 4.74. The average molecular weight is 499 g/mol. The molecule has 0 aliphatic heterocycles. The fourth-order valence-electron chi connectivity index (χ4n) is 2.88. The fourth-order valence-corrected chi connectivity index (χ4v) is 3.05. The van der Waals surface area contributed by atoms with Crippen molar-refractivity contribution >= 4 is 46.7 Å². The van der Waals surface area contributed by atoms with Gasteiger partial charge in [-0.15, -0.1) is 0 Å². The maximum absolute atomic E-state index is 12.5. The molecule has 0 fully saturated rings. The maximum Gasteiger partial charge on any atom is 0.306 e. The largest absolute Gasteiger partial charge is 0.466 e. The number of esters is 1. The van der Waals surface area contributed by atoms with Crippen molar-refractivity contribution in [2.75, 3.05) is 11.9 Å². The number of amides is 3. The lowest BCUT2D eigenvalue weighted by molar-refractivity contribution is -0.144. The van der Waals surface area contributed by atoms with Crippen LogP contribution in [-0.2, 0) is 19.7 Å². The van der Waals surface area contributed by atoms with Crippen LogP contribution in [0, 0.1) is 0 Å². The van der Waals surface area contributed by atoms with Crippen LogP contribution in [-0.4, -0.2) is 35.4 Å². The van der Waals surface area contributed by atoms with Gasteiger partial charge in [0.05, 0.1) is 13.0 Å². The molecule has 0 unspecified atom stereocenters. The number of benzene rings is 2. The molecule has 3 amide bonds. The van der Waals surface area contributed by atoms with E-state index in [9.17, 15) is 19.2 Å². The first kappa shape index (κ1) is 27.5. The summed E-state index contributed by atoms with van der Waals surface area (Å²) in [6, 6.07) is 13.7. The molecule has 0 saturated carbocycles. The molecule has 0 atom stereocenters. The van der Waals surface area contributed by atoms with E-state index in [0.717, 1.165) is 5.56 Å². The van der Waals surface area contributed by atoms with E-state index in [1.54, 1.807) is 31.2 Å². The highest BCUT2D eigenvalue weighted by molar-refractivity contribution is 7.80. The topological polar surface area (TPSA) is 126 Å². The summed E-state index contributed by atoms with van der Waals surface area (Å²) in [5.74, 6) is -1.72. The molecule has 0 aliphatic carbocycles. The minimum atomic E-state index is -0.497. The van der Waals surface area contributed by atoms with Gasteiger partial charge < -0.3 is 15.4 Å². The highest BCUT2D eigenvalue weighted by Gasteiger charge is 2.15. The zero-order chi connectivity index (χ0) is 26.0. The summed E-state index contributed by atoms with van der Waals surface area (Å²) in [7, 11) is 0. The number of anilines is 1. The predicted molar refractivity (Wildman–Crippen MR) is 137 cm³/mol. The molecule has 2 aromatic rings. The Morgan fingerprint density at radius 1 is 0.829 bits per heavy atom. The van der Waals surface area contributed by atoms with Crippen LogP contribution in [0.15, 0.2) is 48.5 Å². The molecular formula is C25H30N4O5S. The third-order valence-corrected chi connectivity index (χ3v) is 5.03. The third-order valence-electron chi connectivity index (χ3n) is 4.82. The molecule has 4 N–H and O–H groups in total. The molecule has 10 heteroatoms. The maximum atomic E-state index is 12.5. The zero-order valence-corrected chi connectivity index (χ0v) is 21.0. The molecule has 0 bridgehead atoms. The van der Waals surface area contributed by atoms with Gasteiger partial charge in [0.15, 0.2) is 5.11 Å². The smallest absolute Gasteiger partial charge is 0.306 e. The molecule has 9 nitrogen and oxygen atoms in total. The third kappa shape index (κ3) is 9.17. The van der Waals surface area contributed by atoms with Crippen molar-refractivity contribution in [2.45, 2.75) is 46.0 Å². The summed E-state index contributed by atoms with van der Waals surface area (Å²) in [5, 5.41) is 5.03. The van der Waals surface area contributed by atoms with E-state index >= 15 is 0 Å². The molecule has 0 radical (unpaired) electrons. The van der Waals surface area contributed by atoms with Crippen molar-refractivity contribution in [1.29, 1.82) is 0 Å². The first-order chi connectivity index (χ1) is 16.5. The SMILES string of the molecule is CCOC(=O)CCC(=O)NC(=S)NNC(=O)c1ccc(NC(=O)c2ccc(C(C)(C)C)cc2)cc1. The minimum absolute atomic E-state index is 0.000289. The summed E-state index contributed by atoms with van der Waals surface area (Å²) in [6.07, 6.45) is -0.164. The Morgan fingerprint density at radius 2 is 1.40 bits per heavy atom. The van der Waals surface area contributed by atoms with Gasteiger partial charge in [-0.2, -0.15) is 0 Å². The Labute approximate surface area is 210 Å². The normalized spacial score (nSPS) is 10.6. The molecule has 0 saturated heterocycles. The Bertz CT molecular complexity index is 1080. The van der Waals surface area contributed by atoms with Gasteiger partial charge in [0.2, 0.25) is 5.91 Å². The molecule has 0 heterocycles. The molecule has 2 aromatic carbocycles. The summed E-state index contributed by atoms with van der Waals surface area (Å²) in [6.45, 7) is 8.23. The second-order valence-corrected chi connectivity index (χ2v) is 9.03. The van der Waals surface area contributed by atoms with Crippen LogP contribution >= 0.6 is 12.2 Å². The second-order valence-electron chi connectivity index (χ2n) is 8.62. The van der Waals surface area contributed by atoms with Gasteiger partial charge in [-0.25, -0.2) is 0 Å². The predicted octanol–water partition coefficient (Wildman–Crippen LogP) is 3.22. The standard InChI is InChI=1S/C25H30N4O5S/c1-5-34-21(31)15-14-20(30)27-24(35)29-28-23(33)17-8-12-19(13-9-17)26-22(32)16-6-10-18(11-7-16)25(2,3)4/h6-13H,5,14-15H2,1-4H3,(H,26,32)(H,28,33)(H2,27,29,30,35). The van der Waals surface area contributed by atoms with Crippen molar-refractivity contribution in [2.24, 2.45) is 0 Å². The van der Waals surface area contributed by atoms with Gasteiger partial charge in [0, 0.05) is 23.2 Å². The monoisotopic (exact) mass is 498 g/mol. The molecule has 0 spiro atoms. The van der Waals surface area contributed by atoms with E-state index < -0.39 is 17.8 Å². The van der Waals surface area contributed by atoms with Crippen LogP contribution in [0.1, 0.15) is 66.8 Å². The number of ether oxygens (including phenoxy) is 1. The van der Waals surface area contributed by atoms with Gasteiger partial charge in [-0.3, -0.25) is 30.0 Å². The van der Waals surface area contributed by atoms with Crippen LogP contribution in [0.2, 0.25) is 0 Å². The Hall–Kier alpha value is -3.79. The lowest BCUT2D eigenvalue weighted by atomic mass is 9.87. The van der Waals surface area contributed by atoms with Gasteiger partial charge in [-0.05, 0) is 66.5 Å². The van der Waals surface area contributed by atoms with Crippen molar-refractivity contribution in [1.82, 2.24) is 16.2 Å². The fraction of sp³-hybridized carbons (Fsp3) is 0.320. The number of thiocarbonyl (C=S) groups is 1. The number of carbonyl (C=O) groups excluding carboxylic acids is 4. The highest BCUT2D eigenvalue weighted by Crippen LogP contribution is 2.22. The lowest BCUT2D eigenvalue weighted by Crippen LogP contribution is -2.48. The van der Waals surface area contributed by atoms with Crippen molar-refractivity contribution < 1.29 is 23.9 Å². The molecule has 2 rings (SSSR count). The van der Waals surface area contributed by atoms with Gasteiger partial charge in [-0.1, -0.05) is 32.9 Å². The molecule has 0 aromatic heterocycles. The van der Waals surface area contributed by atoms with Gasteiger partial charge in [0.1, 0.15) is 0 Å². The molecule has 186 valence electrons. The van der Waals surface area contributed by atoms with Crippen molar-refractivity contribution in [3.05, 3.63) is 65.2 Å². The minimum Gasteiger partial charge on any atom is -0.466 e. The number of hydrogen-bond acceptors (Lipinski definition) is 6. The number of nitrogens with one attached hydrogen (secondary N) is 4. The number of hydrazine groups is 1. The lowest BCUT2D eigenvalue weighted by Gasteiger charge is -2.19. The van der Waals surface area contributed by atoms with Gasteiger partial charge in [0.25, 0.3) is 11.8 Å². The molecule has 35 heavy (non-hydrogen) atoms. The zero-order valence-electron chi connectivity index (χ0n) is 20.2. The van der Waals surface area contributed by atoms with Crippen LogP contribution in [0.4, 0.5) is 5.69 Å². The van der Waals surface area contributed by atoms with E-state index in [1.807, 2.05) is 12.1 Å². The first-order valence-electron chi connectivity index (χ1n) is 11.1. The van der Waals surface area contributed by atoms with E-state index in [4.69, 9.17) is 17.0 Å². The van der Waals surface area contributed by atoms with Crippen molar-refractivity contribution in [3.8, 4) is 0 Å². The Balaban J connectivity index is 1.81. The summed E-state index contributed by atoms with van der Waals surface area (Å²) >= 11 is 4.95. The quantitative estimate of drug-likeness (QED) is 0.262. The Kier molecular flexibility index (Phi) is 9.89. The second kappa shape index (κ2) is 12.6. The number of carbonyl (C=O) groups is 4. The molecule has 0 aliphatic rings. The summed E-state index contributed by atoms with van der Waals surface area (Å²) in [5.41, 5.74) is 7.29. The van der Waals surface area contributed by atoms with Crippen molar-refractivity contribution in [3.63, 3.8) is 0 Å². The molecular weight excluding hydrogens is 468 g/mol. The average Bonchev–Trinajstić information content (AvgIpc) is 2.81. The van der Waals surface area contributed by atoms with E-state index in [2.05, 4.69) is 42.3 Å². The van der Waals surface area contributed by atoms with E-state index in [-0.39, 0.29) is 35.9 Å². The van der Waals surface area contributed by atoms with Crippen LogP contribution in [0.25, 0.3) is 0 Å². The first-order valence-corrected chi connectivity index (χ1v) is 11.5. The van der Waals surface area contributed by atoms with Crippen LogP contribution in [0.3, 0.4) is 0 Å². The summed E-state index contributed by atoms with van der Waals surface area (Å²) in [4.78, 5) is 47.8. The van der Waals surface area contributed by atoms with Crippen LogP contribution < -0.4 is 21.5 Å². The van der Waals surface area contributed by atoms with Crippen LogP contribution in [0.5, 0.6) is 0 Å².